The number of likely N-dealkylation sites (tertiary alicyclic amines) is 1. The van der Waals surface area contributed by atoms with E-state index in [0.717, 1.165) is 24.9 Å². The van der Waals surface area contributed by atoms with Crippen molar-refractivity contribution >= 4 is 23.4 Å². The SMILES string of the molecule is CCOCCCNC(=O)CN1CN(c2ccccc2)C2(CCN(C(=O)C(CC)CC)CC2)C1=O. The molecule has 2 heterocycles. The quantitative estimate of drug-likeness (QED) is 0.501. The predicted octanol–water partition coefficient (Wildman–Crippen LogP) is 2.63. The normalized spacial score (nSPS) is 17.6. The first-order chi connectivity index (χ1) is 16.5. The van der Waals surface area contributed by atoms with Gasteiger partial charge < -0.3 is 24.8 Å². The van der Waals surface area contributed by atoms with Crippen LogP contribution in [0.5, 0.6) is 0 Å². The number of carbonyl (C=O) groups excluding carboxylic acids is 3. The fraction of sp³-hybridized carbons (Fsp3) is 0.654. The smallest absolute Gasteiger partial charge is 0.250 e. The van der Waals surface area contributed by atoms with Crippen LogP contribution >= 0.6 is 0 Å². The lowest BCUT2D eigenvalue weighted by Gasteiger charge is -2.44. The number of carbonyl (C=O) groups is 3. The number of piperidine rings is 1. The zero-order valence-electron chi connectivity index (χ0n) is 20.9. The van der Waals surface area contributed by atoms with E-state index in [1.807, 2.05) is 42.2 Å². The van der Waals surface area contributed by atoms with Crippen LogP contribution in [0.25, 0.3) is 0 Å². The largest absolute Gasteiger partial charge is 0.382 e. The van der Waals surface area contributed by atoms with E-state index in [1.165, 1.54) is 0 Å². The third-order valence-electron chi connectivity index (χ3n) is 7.15. The van der Waals surface area contributed by atoms with E-state index >= 15 is 0 Å². The molecule has 2 aliphatic heterocycles. The summed E-state index contributed by atoms with van der Waals surface area (Å²) in [5, 5.41) is 2.90. The molecule has 1 aromatic carbocycles. The highest BCUT2D eigenvalue weighted by Crippen LogP contribution is 2.39. The molecule has 2 aliphatic rings. The van der Waals surface area contributed by atoms with Crippen LogP contribution in [0.15, 0.2) is 30.3 Å². The molecule has 0 radical (unpaired) electrons. The van der Waals surface area contributed by atoms with E-state index < -0.39 is 5.54 Å². The lowest BCUT2D eigenvalue weighted by molar-refractivity contribution is -0.141. The highest BCUT2D eigenvalue weighted by molar-refractivity contribution is 5.96. The summed E-state index contributed by atoms with van der Waals surface area (Å²) in [6.45, 7) is 9.36. The number of para-hydroxylation sites is 1. The maximum atomic E-state index is 13.7. The van der Waals surface area contributed by atoms with Crippen LogP contribution in [0.3, 0.4) is 0 Å². The molecule has 1 spiro atoms. The highest BCUT2D eigenvalue weighted by atomic mass is 16.5. The molecular formula is C26H40N4O4. The van der Waals surface area contributed by atoms with Gasteiger partial charge in [0.1, 0.15) is 12.1 Å². The topological polar surface area (TPSA) is 82.2 Å². The van der Waals surface area contributed by atoms with Crippen LogP contribution in [0.4, 0.5) is 5.69 Å². The van der Waals surface area contributed by atoms with Crippen LogP contribution in [-0.4, -0.2) is 79.1 Å². The molecule has 0 saturated carbocycles. The molecule has 1 aromatic rings. The van der Waals surface area contributed by atoms with E-state index in [0.29, 0.717) is 52.4 Å². The second kappa shape index (κ2) is 12.2. The van der Waals surface area contributed by atoms with Gasteiger partial charge in [-0.25, -0.2) is 0 Å². The van der Waals surface area contributed by atoms with Gasteiger partial charge in [-0.3, -0.25) is 14.4 Å². The van der Waals surface area contributed by atoms with Gasteiger partial charge in [-0.2, -0.15) is 0 Å². The van der Waals surface area contributed by atoms with Crippen molar-refractivity contribution < 1.29 is 19.1 Å². The van der Waals surface area contributed by atoms with Crippen LogP contribution in [0.1, 0.15) is 52.9 Å². The first-order valence-corrected chi connectivity index (χ1v) is 12.7. The molecule has 3 amide bonds. The lowest BCUT2D eigenvalue weighted by Crippen LogP contribution is -2.58. The Balaban J connectivity index is 1.70. The number of anilines is 1. The lowest BCUT2D eigenvalue weighted by atomic mass is 9.84. The molecule has 0 atom stereocenters. The van der Waals surface area contributed by atoms with Gasteiger partial charge in [0.05, 0.1) is 6.67 Å². The number of amides is 3. The summed E-state index contributed by atoms with van der Waals surface area (Å²) in [6.07, 6.45) is 3.55. The zero-order chi connectivity index (χ0) is 24.6. The Morgan fingerprint density at radius 2 is 1.76 bits per heavy atom. The van der Waals surface area contributed by atoms with E-state index in [2.05, 4.69) is 24.1 Å². The van der Waals surface area contributed by atoms with Gasteiger partial charge in [-0.05, 0) is 51.2 Å². The van der Waals surface area contributed by atoms with E-state index in [4.69, 9.17) is 4.74 Å². The second-order valence-electron chi connectivity index (χ2n) is 9.18. The van der Waals surface area contributed by atoms with Crippen molar-refractivity contribution in [2.45, 2.75) is 58.4 Å². The van der Waals surface area contributed by atoms with Crippen molar-refractivity contribution in [1.82, 2.24) is 15.1 Å². The molecule has 3 rings (SSSR count). The molecular weight excluding hydrogens is 432 g/mol. The fourth-order valence-electron chi connectivity index (χ4n) is 5.09. The second-order valence-corrected chi connectivity index (χ2v) is 9.18. The Hall–Kier alpha value is -2.61. The average molecular weight is 473 g/mol. The minimum absolute atomic E-state index is 0.0181. The predicted molar refractivity (Wildman–Crippen MR) is 132 cm³/mol. The van der Waals surface area contributed by atoms with Crippen molar-refractivity contribution in [2.24, 2.45) is 5.92 Å². The van der Waals surface area contributed by atoms with Crippen LogP contribution in [0, 0.1) is 5.92 Å². The first kappa shape index (κ1) is 26.0. The van der Waals surface area contributed by atoms with Crippen molar-refractivity contribution in [1.29, 1.82) is 0 Å². The van der Waals surface area contributed by atoms with E-state index in [9.17, 15) is 14.4 Å². The van der Waals surface area contributed by atoms with Gasteiger partial charge in [-0.1, -0.05) is 32.0 Å². The molecule has 8 heteroatoms. The Kier molecular flexibility index (Phi) is 9.33. The number of nitrogens with zero attached hydrogens (tertiary/aromatic N) is 3. The first-order valence-electron chi connectivity index (χ1n) is 12.7. The number of nitrogens with one attached hydrogen (secondary N) is 1. The minimum atomic E-state index is -0.721. The maximum Gasteiger partial charge on any atom is 0.250 e. The Morgan fingerprint density at radius 3 is 2.38 bits per heavy atom. The van der Waals surface area contributed by atoms with Crippen LogP contribution in [-0.2, 0) is 19.1 Å². The summed E-state index contributed by atoms with van der Waals surface area (Å²) in [5.74, 6) is 0.0630. The van der Waals surface area contributed by atoms with E-state index in [-0.39, 0.29) is 30.2 Å². The Labute approximate surface area is 203 Å². The Bertz CT molecular complexity index is 819. The summed E-state index contributed by atoms with van der Waals surface area (Å²) in [5.41, 5.74) is 0.247. The fourth-order valence-corrected chi connectivity index (χ4v) is 5.09. The molecule has 2 fully saturated rings. The average Bonchev–Trinajstić information content (AvgIpc) is 3.11. The highest BCUT2D eigenvalue weighted by Gasteiger charge is 2.54. The van der Waals surface area contributed by atoms with Gasteiger partial charge in [0.2, 0.25) is 11.8 Å². The monoisotopic (exact) mass is 472 g/mol. The summed E-state index contributed by atoms with van der Waals surface area (Å²) in [7, 11) is 0. The number of ether oxygens (including phenoxy) is 1. The van der Waals surface area contributed by atoms with Crippen LogP contribution in [0.2, 0.25) is 0 Å². The van der Waals surface area contributed by atoms with E-state index in [1.54, 1.807) is 4.90 Å². The zero-order valence-corrected chi connectivity index (χ0v) is 20.9. The molecule has 34 heavy (non-hydrogen) atoms. The van der Waals surface area contributed by atoms with Crippen molar-refractivity contribution in [3.8, 4) is 0 Å². The third-order valence-corrected chi connectivity index (χ3v) is 7.15. The number of hydrogen-bond acceptors (Lipinski definition) is 5. The van der Waals surface area contributed by atoms with Crippen molar-refractivity contribution in [2.75, 3.05) is 51.0 Å². The minimum Gasteiger partial charge on any atom is -0.382 e. The van der Waals surface area contributed by atoms with Gasteiger partial charge in [0, 0.05) is 44.5 Å². The summed E-state index contributed by atoms with van der Waals surface area (Å²) >= 11 is 0. The molecule has 188 valence electrons. The summed E-state index contributed by atoms with van der Waals surface area (Å²) < 4.78 is 5.31. The standard InChI is InChI=1S/C26H40N4O4/c1-4-21(5-2)24(32)28-16-13-26(14-17-28)25(33)29(19-23(31)27-15-10-18-34-6-3)20-30(26)22-11-8-7-9-12-22/h7-9,11-12,21H,4-6,10,13-20H2,1-3H3,(H,27,31). The maximum absolute atomic E-state index is 13.7. The molecule has 0 bridgehead atoms. The molecule has 2 saturated heterocycles. The van der Waals surface area contributed by atoms with Crippen molar-refractivity contribution in [3.05, 3.63) is 30.3 Å². The van der Waals surface area contributed by atoms with Gasteiger partial charge >= 0.3 is 0 Å². The number of benzene rings is 1. The number of rotatable bonds is 11. The molecule has 1 N–H and O–H groups in total. The summed E-state index contributed by atoms with van der Waals surface area (Å²) in [6, 6.07) is 9.90. The molecule has 8 nitrogen and oxygen atoms in total. The van der Waals surface area contributed by atoms with Gasteiger partial charge in [-0.15, -0.1) is 0 Å². The molecule has 0 aliphatic carbocycles. The molecule has 0 unspecified atom stereocenters. The summed E-state index contributed by atoms with van der Waals surface area (Å²) in [4.78, 5) is 44.9. The third kappa shape index (κ3) is 5.71. The molecule has 0 aromatic heterocycles. The Morgan fingerprint density at radius 1 is 1.09 bits per heavy atom. The van der Waals surface area contributed by atoms with Gasteiger partial charge in [0.15, 0.2) is 0 Å². The van der Waals surface area contributed by atoms with Gasteiger partial charge in [0.25, 0.3) is 5.91 Å². The van der Waals surface area contributed by atoms with Crippen molar-refractivity contribution in [3.63, 3.8) is 0 Å². The van der Waals surface area contributed by atoms with Crippen LogP contribution < -0.4 is 10.2 Å². The number of hydrogen-bond donors (Lipinski definition) is 1.